The van der Waals surface area contributed by atoms with Gasteiger partial charge in [0.15, 0.2) is 0 Å². The molecular formula is C59H63NO9Si. The van der Waals surface area contributed by atoms with Crippen LogP contribution in [0.15, 0.2) is 163 Å². The Hall–Kier alpha value is -7.21. The van der Waals surface area contributed by atoms with Crippen molar-refractivity contribution in [3.05, 3.63) is 186 Å². The minimum absolute atomic E-state index is 0.235. The summed E-state index contributed by atoms with van der Waals surface area (Å²) in [5.74, 6) is 4.91. The predicted molar refractivity (Wildman–Crippen MR) is 279 cm³/mol. The summed E-state index contributed by atoms with van der Waals surface area (Å²) in [6.45, 7) is 12.4. The molecule has 0 spiro atoms. The summed E-state index contributed by atoms with van der Waals surface area (Å²) in [4.78, 5) is 5.11. The van der Waals surface area contributed by atoms with Gasteiger partial charge in [-0.2, -0.15) is 0 Å². The molecule has 10 nitrogen and oxygen atoms in total. The molecule has 7 aromatic rings. The average molecular weight is 958 g/mol. The topological polar surface area (TPSA) is 95.4 Å². The molecule has 0 fully saturated rings. The normalized spacial score (nSPS) is 13.2. The molecule has 11 heteroatoms. The Labute approximate surface area is 413 Å². The molecule has 0 aromatic heterocycles. The van der Waals surface area contributed by atoms with Crippen LogP contribution < -0.4 is 43.5 Å². The molecule has 0 amide bonds. The molecule has 8 rings (SSSR count). The first kappa shape index (κ1) is 49.2. The van der Waals surface area contributed by atoms with E-state index in [4.69, 9.17) is 47.3 Å². The lowest BCUT2D eigenvalue weighted by molar-refractivity contribution is 0.275. The summed E-state index contributed by atoms with van der Waals surface area (Å²) in [5, 5.41) is 2.11. The summed E-state index contributed by atoms with van der Waals surface area (Å²) in [6.07, 6.45) is 0. The minimum Gasteiger partial charge on any atom is -0.497 e. The van der Waals surface area contributed by atoms with E-state index in [2.05, 4.69) is 93.6 Å². The summed E-state index contributed by atoms with van der Waals surface area (Å²) in [6, 6.07) is 52.8. The van der Waals surface area contributed by atoms with Gasteiger partial charge in [-0.3, -0.25) is 0 Å². The van der Waals surface area contributed by atoms with Gasteiger partial charge < -0.3 is 42.3 Å². The standard InChI is InChI=1S/C59H63NO9Si/c1-58(2,3)70(49-16-12-10-13-17-49,50-18-14-11-15-19-50)69-39-44-32-53(66-37-42-22-28-46(62-7)29-23-42)56(54(33-44)67-38-43-24-30-47(63-8)31-25-43)55-51(57-60-59(4,5)40-68-57)34-48(35-52(55)64-9)65-36-41-20-26-45(61-6)27-21-41/h10-35H,36-40H2,1-9H3. The van der Waals surface area contributed by atoms with Crippen molar-refractivity contribution in [2.75, 3.05) is 35.0 Å². The van der Waals surface area contributed by atoms with Crippen LogP contribution in [0.4, 0.5) is 0 Å². The van der Waals surface area contributed by atoms with Crippen molar-refractivity contribution < 1.29 is 42.3 Å². The zero-order valence-corrected chi connectivity index (χ0v) is 42.7. The SMILES string of the molecule is COc1ccc(COc2cc(OC)c(-c3c(OCc4ccc(OC)cc4)cc(CO[Si](c4ccccc4)(c4ccccc4)C(C)(C)C)cc3OCc3ccc(OC)cc3)c(C3=NC(C)(C)CO3)c2)cc1. The molecule has 0 N–H and O–H groups in total. The molecular weight excluding hydrogens is 895 g/mol. The van der Waals surface area contributed by atoms with Gasteiger partial charge >= 0.3 is 0 Å². The third-order valence-corrected chi connectivity index (χ3v) is 17.4. The summed E-state index contributed by atoms with van der Waals surface area (Å²) in [5.41, 5.74) is 5.23. The van der Waals surface area contributed by atoms with Crippen LogP contribution in [0.25, 0.3) is 11.1 Å². The maximum absolute atomic E-state index is 7.56. The maximum Gasteiger partial charge on any atom is 0.261 e. The highest BCUT2D eigenvalue weighted by Gasteiger charge is 2.50. The Bertz CT molecular complexity index is 2750. The molecule has 0 unspecified atom stereocenters. The molecule has 362 valence electrons. The fourth-order valence-electron chi connectivity index (χ4n) is 8.79. The number of ether oxygens (including phenoxy) is 8. The second-order valence-corrected chi connectivity index (χ2v) is 23.2. The molecule has 70 heavy (non-hydrogen) atoms. The third-order valence-electron chi connectivity index (χ3n) is 12.4. The van der Waals surface area contributed by atoms with Crippen molar-refractivity contribution in [3.63, 3.8) is 0 Å². The van der Waals surface area contributed by atoms with Crippen molar-refractivity contribution in [2.45, 2.75) is 71.6 Å². The van der Waals surface area contributed by atoms with Gasteiger partial charge in [0.25, 0.3) is 8.32 Å². The monoisotopic (exact) mass is 957 g/mol. The number of hydrogen-bond donors (Lipinski definition) is 0. The predicted octanol–water partition coefficient (Wildman–Crippen LogP) is 11.8. The molecule has 0 saturated heterocycles. The van der Waals surface area contributed by atoms with Gasteiger partial charge in [-0.1, -0.05) is 118 Å². The van der Waals surface area contributed by atoms with E-state index in [9.17, 15) is 0 Å². The summed E-state index contributed by atoms with van der Waals surface area (Å²) >= 11 is 0. The van der Waals surface area contributed by atoms with Crippen molar-refractivity contribution in [2.24, 2.45) is 4.99 Å². The first-order valence-electron chi connectivity index (χ1n) is 23.5. The lowest BCUT2D eigenvalue weighted by Crippen LogP contribution is -2.66. The van der Waals surface area contributed by atoms with Gasteiger partial charge in [-0.25, -0.2) is 4.99 Å². The van der Waals surface area contributed by atoms with E-state index >= 15 is 0 Å². The number of aliphatic imine (C=N–C) groups is 1. The van der Waals surface area contributed by atoms with Crippen LogP contribution in [-0.4, -0.2) is 54.8 Å². The highest BCUT2D eigenvalue weighted by molar-refractivity contribution is 6.99. The van der Waals surface area contributed by atoms with E-state index in [0.717, 1.165) is 39.5 Å². The van der Waals surface area contributed by atoms with Gasteiger partial charge in [0.2, 0.25) is 5.90 Å². The Morgan fingerprint density at radius 3 is 1.34 bits per heavy atom. The second-order valence-electron chi connectivity index (χ2n) is 18.9. The molecule has 0 bridgehead atoms. The maximum atomic E-state index is 7.56. The third kappa shape index (κ3) is 11.1. The number of methoxy groups -OCH3 is 4. The van der Waals surface area contributed by atoms with Gasteiger partial charge in [0.05, 0.1) is 51.7 Å². The van der Waals surface area contributed by atoms with E-state index in [0.29, 0.717) is 58.8 Å². The fraction of sp³-hybridized carbons (Fsp3) is 0.271. The number of rotatable bonds is 20. The molecule has 1 aliphatic heterocycles. The van der Waals surface area contributed by atoms with Crippen LogP contribution in [0.2, 0.25) is 5.04 Å². The zero-order chi connectivity index (χ0) is 49.3. The van der Waals surface area contributed by atoms with Gasteiger partial charge in [-0.15, -0.1) is 0 Å². The first-order valence-corrected chi connectivity index (χ1v) is 25.4. The van der Waals surface area contributed by atoms with Crippen LogP contribution in [-0.2, 0) is 35.6 Å². The summed E-state index contributed by atoms with van der Waals surface area (Å²) in [7, 11) is 3.64. The van der Waals surface area contributed by atoms with Crippen molar-refractivity contribution >= 4 is 24.6 Å². The minimum atomic E-state index is -2.98. The van der Waals surface area contributed by atoms with Gasteiger partial charge in [0.1, 0.15) is 66.7 Å². The van der Waals surface area contributed by atoms with Crippen molar-refractivity contribution in [1.29, 1.82) is 0 Å². The number of nitrogens with zero attached hydrogens (tertiary/aromatic N) is 1. The van der Waals surface area contributed by atoms with E-state index < -0.39 is 13.9 Å². The van der Waals surface area contributed by atoms with Crippen LogP contribution >= 0.6 is 0 Å². The molecule has 0 atom stereocenters. The summed E-state index contributed by atoms with van der Waals surface area (Å²) < 4.78 is 57.4. The smallest absolute Gasteiger partial charge is 0.261 e. The first-order chi connectivity index (χ1) is 33.8. The Morgan fingerprint density at radius 1 is 0.486 bits per heavy atom. The van der Waals surface area contributed by atoms with Crippen LogP contribution in [0.5, 0.6) is 40.2 Å². The molecule has 1 heterocycles. The zero-order valence-electron chi connectivity index (χ0n) is 41.7. The highest BCUT2D eigenvalue weighted by Crippen LogP contribution is 2.49. The lowest BCUT2D eigenvalue weighted by atomic mass is 9.94. The van der Waals surface area contributed by atoms with E-state index in [1.54, 1.807) is 28.4 Å². The Kier molecular flexibility index (Phi) is 15.2. The average Bonchev–Trinajstić information content (AvgIpc) is 3.76. The van der Waals surface area contributed by atoms with Crippen LogP contribution in [0.1, 0.15) is 62.4 Å². The van der Waals surface area contributed by atoms with E-state index in [1.807, 2.05) is 98.8 Å². The Balaban J connectivity index is 1.32. The molecule has 1 aliphatic rings. The van der Waals surface area contributed by atoms with E-state index in [1.165, 1.54) is 10.4 Å². The van der Waals surface area contributed by atoms with E-state index in [-0.39, 0.29) is 24.9 Å². The number of hydrogen-bond acceptors (Lipinski definition) is 10. The second kappa shape index (κ2) is 21.6. The highest BCUT2D eigenvalue weighted by atomic mass is 28.4. The van der Waals surface area contributed by atoms with Gasteiger partial charge in [0, 0.05) is 11.6 Å². The quantitative estimate of drug-likeness (QED) is 0.0692. The van der Waals surface area contributed by atoms with Crippen molar-refractivity contribution in [1.82, 2.24) is 0 Å². The van der Waals surface area contributed by atoms with Crippen molar-refractivity contribution in [3.8, 4) is 51.4 Å². The molecule has 0 aliphatic carbocycles. The van der Waals surface area contributed by atoms with Crippen LogP contribution in [0.3, 0.4) is 0 Å². The molecule has 0 saturated carbocycles. The Morgan fingerprint density at radius 2 is 0.943 bits per heavy atom. The largest absolute Gasteiger partial charge is 0.497 e. The lowest BCUT2D eigenvalue weighted by Gasteiger charge is -2.43. The molecule has 0 radical (unpaired) electrons. The molecule has 7 aromatic carbocycles. The number of benzene rings is 7. The van der Waals surface area contributed by atoms with Gasteiger partial charge in [-0.05, 0) is 106 Å². The fourth-order valence-corrected chi connectivity index (χ4v) is 13.3. The van der Waals surface area contributed by atoms with Crippen LogP contribution in [0, 0.1) is 0 Å².